The van der Waals surface area contributed by atoms with Gasteiger partial charge in [-0.3, -0.25) is 14.0 Å². The van der Waals surface area contributed by atoms with E-state index in [1.165, 1.54) is 11.5 Å². The third-order valence-electron chi connectivity index (χ3n) is 4.21. The van der Waals surface area contributed by atoms with Gasteiger partial charge in [0.1, 0.15) is 5.65 Å². The third-order valence-corrected chi connectivity index (χ3v) is 4.96. The second kappa shape index (κ2) is 7.61. The lowest BCUT2D eigenvalue weighted by Gasteiger charge is -2.18. The molecule has 0 amide bonds. The Kier molecular flexibility index (Phi) is 5.27. The fourth-order valence-electron chi connectivity index (χ4n) is 2.87. The molecule has 2 aromatic heterocycles. The number of nitrogens with zero attached hydrogens (tertiary/aromatic N) is 2. The highest BCUT2D eigenvalue weighted by molar-refractivity contribution is 7.98. The molecule has 26 heavy (non-hydrogen) atoms. The van der Waals surface area contributed by atoms with Crippen molar-refractivity contribution in [2.24, 2.45) is 0 Å². The summed E-state index contributed by atoms with van der Waals surface area (Å²) in [5.41, 5.74) is 0.749. The molecule has 1 atom stereocenters. The molecule has 1 N–H and O–H groups in total. The molecule has 0 aliphatic rings. The van der Waals surface area contributed by atoms with Crippen LogP contribution >= 0.6 is 11.8 Å². The lowest BCUT2D eigenvalue weighted by Crippen LogP contribution is -2.24. The molecule has 1 unspecified atom stereocenters. The number of esters is 1. The molecule has 3 aromatic rings. The number of hydrogen-bond donors (Lipinski definition) is 1. The number of benzene rings is 1. The fraction of sp³-hybridized carbons (Fsp3) is 0.211. The van der Waals surface area contributed by atoms with E-state index < -0.39 is 17.4 Å². The van der Waals surface area contributed by atoms with Crippen molar-refractivity contribution in [3.05, 3.63) is 70.1 Å². The number of aromatic nitrogens is 2. The van der Waals surface area contributed by atoms with E-state index in [2.05, 4.69) is 4.98 Å². The quantitative estimate of drug-likeness (QED) is 0.549. The minimum atomic E-state index is -0.657. The Hall–Kier alpha value is -2.80. The van der Waals surface area contributed by atoms with E-state index in [1.807, 2.05) is 30.5 Å². The van der Waals surface area contributed by atoms with Gasteiger partial charge in [0.15, 0.2) is 0 Å². The van der Waals surface area contributed by atoms with Crippen LogP contribution in [0.4, 0.5) is 0 Å². The van der Waals surface area contributed by atoms with E-state index in [1.54, 1.807) is 36.2 Å². The van der Waals surface area contributed by atoms with Gasteiger partial charge in [-0.1, -0.05) is 18.2 Å². The molecular weight excluding hydrogens is 352 g/mol. The Balaban J connectivity index is 2.19. The van der Waals surface area contributed by atoms with Crippen molar-refractivity contribution in [1.82, 2.24) is 9.38 Å². The van der Waals surface area contributed by atoms with E-state index in [0.717, 1.165) is 10.5 Å². The van der Waals surface area contributed by atoms with Gasteiger partial charge in [0.25, 0.3) is 5.56 Å². The first kappa shape index (κ1) is 18.0. The standard InChI is InChI=1S/C19H18N2O4S/c1-25-16(22)11-14(12-6-8-13(26-2)9-7-12)17-18(23)20-15-5-3-4-10-21(15)19(17)24/h3-10,14,23H,11H2,1-2H3. The van der Waals surface area contributed by atoms with Crippen LogP contribution in [0.15, 0.2) is 58.4 Å². The van der Waals surface area contributed by atoms with Gasteiger partial charge in [-0.05, 0) is 36.1 Å². The number of pyridine rings is 1. The first-order chi connectivity index (χ1) is 12.5. The summed E-state index contributed by atoms with van der Waals surface area (Å²) in [6.45, 7) is 0. The molecule has 1 aromatic carbocycles. The maximum Gasteiger partial charge on any atom is 0.306 e. The van der Waals surface area contributed by atoms with Gasteiger partial charge in [-0.25, -0.2) is 0 Å². The summed E-state index contributed by atoms with van der Waals surface area (Å²) in [6.07, 6.45) is 3.48. The summed E-state index contributed by atoms with van der Waals surface area (Å²) >= 11 is 1.59. The molecule has 0 aliphatic heterocycles. The molecular formula is C19H18N2O4S. The number of thioether (sulfide) groups is 1. The van der Waals surface area contributed by atoms with E-state index in [0.29, 0.717) is 5.65 Å². The summed E-state index contributed by atoms with van der Waals surface area (Å²) in [5.74, 6) is -1.50. The molecule has 0 aliphatic carbocycles. The molecule has 7 heteroatoms. The van der Waals surface area contributed by atoms with Crippen LogP contribution in [0.25, 0.3) is 5.65 Å². The summed E-state index contributed by atoms with van der Waals surface area (Å²) in [7, 11) is 1.29. The lowest BCUT2D eigenvalue weighted by molar-refractivity contribution is -0.140. The van der Waals surface area contributed by atoms with Gasteiger partial charge in [-0.2, -0.15) is 4.98 Å². The topological polar surface area (TPSA) is 80.9 Å². The maximum absolute atomic E-state index is 13.0. The Bertz CT molecular complexity index is 999. The van der Waals surface area contributed by atoms with Crippen molar-refractivity contribution in [3.63, 3.8) is 0 Å². The van der Waals surface area contributed by atoms with Gasteiger partial charge in [0.05, 0.1) is 19.1 Å². The monoisotopic (exact) mass is 370 g/mol. The van der Waals surface area contributed by atoms with Crippen molar-refractivity contribution in [2.75, 3.05) is 13.4 Å². The highest BCUT2D eigenvalue weighted by atomic mass is 32.2. The second-order valence-electron chi connectivity index (χ2n) is 5.69. The summed E-state index contributed by atoms with van der Waals surface area (Å²) in [5, 5.41) is 10.4. The average Bonchev–Trinajstić information content (AvgIpc) is 2.67. The highest BCUT2D eigenvalue weighted by Crippen LogP contribution is 2.32. The smallest absolute Gasteiger partial charge is 0.306 e. The molecule has 0 saturated carbocycles. The number of hydrogen-bond acceptors (Lipinski definition) is 6. The predicted molar refractivity (Wildman–Crippen MR) is 99.8 cm³/mol. The molecule has 0 saturated heterocycles. The van der Waals surface area contributed by atoms with Crippen molar-refractivity contribution < 1.29 is 14.6 Å². The molecule has 3 rings (SSSR count). The van der Waals surface area contributed by atoms with Crippen LogP contribution in [0.5, 0.6) is 5.88 Å². The Morgan fingerprint density at radius 1 is 1.27 bits per heavy atom. The van der Waals surface area contributed by atoms with E-state index in [-0.39, 0.29) is 17.9 Å². The number of carbonyl (C=O) groups excluding carboxylic acids is 1. The minimum Gasteiger partial charge on any atom is -0.493 e. The molecule has 2 heterocycles. The zero-order valence-corrected chi connectivity index (χ0v) is 15.2. The maximum atomic E-state index is 13.0. The molecule has 6 nitrogen and oxygen atoms in total. The lowest BCUT2D eigenvalue weighted by atomic mass is 9.89. The van der Waals surface area contributed by atoms with Crippen LogP contribution in [-0.4, -0.2) is 33.8 Å². The minimum absolute atomic E-state index is 0.0709. The largest absolute Gasteiger partial charge is 0.493 e. The molecule has 0 spiro atoms. The van der Waals surface area contributed by atoms with E-state index in [9.17, 15) is 14.7 Å². The van der Waals surface area contributed by atoms with Crippen molar-refractivity contribution >= 4 is 23.4 Å². The summed E-state index contributed by atoms with van der Waals surface area (Å²) < 4.78 is 6.14. The van der Waals surface area contributed by atoms with Crippen LogP contribution < -0.4 is 5.56 Å². The number of rotatable bonds is 5. The zero-order chi connectivity index (χ0) is 18.7. The number of methoxy groups -OCH3 is 1. The fourth-order valence-corrected chi connectivity index (χ4v) is 3.28. The van der Waals surface area contributed by atoms with E-state index in [4.69, 9.17) is 4.74 Å². The summed E-state index contributed by atoms with van der Waals surface area (Å²) in [6, 6.07) is 12.6. The zero-order valence-electron chi connectivity index (χ0n) is 14.4. The van der Waals surface area contributed by atoms with Crippen LogP contribution in [0.3, 0.4) is 0 Å². The first-order valence-electron chi connectivity index (χ1n) is 7.96. The first-order valence-corrected chi connectivity index (χ1v) is 9.18. The second-order valence-corrected chi connectivity index (χ2v) is 6.57. The Labute approximate surface area is 154 Å². The molecule has 0 radical (unpaired) electrons. The summed E-state index contributed by atoms with van der Waals surface area (Å²) in [4.78, 5) is 30.1. The highest BCUT2D eigenvalue weighted by Gasteiger charge is 2.26. The Morgan fingerprint density at radius 2 is 2.00 bits per heavy atom. The van der Waals surface area contributed by atoms with Gasteiger partial charge in [-0.15, -0.1) is 11.8 Å². The van der Waals surface area contributed by atoms with Crippen molar-refractivity contribution in [3.8, 4) is 5.88 Å². The van der Waals surface area contributed by atoms with Gasteiger partial charge in [0.2, 0.25) is 5.88 Å². The van der Waals surface area contributed by atoms with Gasteiger partial charge < -0.3 is 9.84 Å². The molecule has 134 valence electrons. The van der Waals surface area contributed by atoms with Crippen LogP contribution in [0.1, 0.15) is 23.5 Å². The van der Waals surface area contributed by atoms with Crippen molar-refractivity contribution in [1.29, 1.82) is 0 Å². The molecule has 0 fully saturated rings. The van der Waals surface area contributed by atoms with Gasteiger partial charge >= 0.3 is 5.97 Å². The van der Waals surface area contributed by atoms with Crippen LogP contribution in [0, 0.1) is 0 Å². The number of aromatic hydroxyl groups is 1. The van der Waals surface area contributed by atoms with Gasteiger partial charge in [0, 0.05) is 17.0 Å². The van der Waals surface area contributed by atoms with E-state index >= 15 is 0 Å². The number of carbonyl (C=O) groups is 1. The van der Waals surface area contributed by atoms with Crippen molar-refractivity contribution in [2.45, 2.75) is 17.2 Å². The SMILES string of the molecule is COC(=O)CC(c1ccc(SC)cc1)c1c(O)nc2ccccn2c1=O. The third kappa shape index (κ3) is 3.43. The number of fused-ring (bicyclic) bond motifs is 1. The molecule has 0 bridgehead atoms. The number of ether oxygens (including phenoxy) is 1. The Morgan fingerprint density at radius 3 is 2.65 bits per heavy atom. The normalized spacial score (nSPS) is 12.1. The average molecular weight is 370 g/mol. The predicted octanol–water partition coefficient (Wildman–Crippen LogP) is 2.82. The van der Waals surface area contributed by atoms with Crippen LogP contribution in [-0.2, 0) is 9.53 Å². The van der Waals surface area contributed by atoms with Crippen LogP contribution in [0.2, 0.25) is 0 Å².